The minimum atomic E-state index is -0.167. The summed E-state index contributed by atoms with van der Waals surface area (Å²) in [6.07, 6.45) is 1.96. The number of aryl methyl sites for hydroxylation is 1. The molecule has 27 heavy (non-hydrogen) atoms. The number of likely N-dealkylation sites (tertiary alicyclic amines) is 1. The first-order chi connectivity index (χ1) is 13.1. The van der Waals surface area contributed by atoms with Crippen LogP contribution in [0.2, 0.25) is 5.02 Å². The quantitative estimate of drug-likeness (QED) is 0.841. The molecule has 0 saturated carbocycles. The number of benzene rings is 2. The third kappa shape index (κ3) is 4.17. The average molecular weight is 386 g/mol. The number of ether oxygens (including phenoxy) is 1. The zero-order valence-electron chi connectivity index (χ0n) is 14.7. The van der Waals surface area contributed by atoms with Crippen LogP contribution in [0, 0.1) is 0 Å². The second kappa shape index (κ2) is 7.48. The van der Waals surface area contributed by atoms with Gasteiger partial charge < -0.3 is 20.3 Å². The maximum atomic E-state index is 12.5. The molecule has 2 aliphatic rings. The highest BCUT2D eigenvalue weighted by atomic mass is 35.5. The molecule has 1 atom stereocenters. The largest absolute Gasteiger partial charge is 0.489 e. The van der Waals surface area contributed by atoms with Crippen LogP contribution >= 0.6 is 11.6 Å². The maximum absolute atomic E-state index is 12.5. The molecule has 2 aromatic carbocycles. The van der Waals surface area contributed by atoms with Gasteiger partial charge in [0, 0.05) is 35.8 Å². The smallest absolute Gasteiger partial charge is 0.321 e. The molecule has 0 spiro atoms. The van der Waals surface area contributed by atoms with Crippen molar-refractivity contribution in [2.24, 2.45) is 0 Å². The Morgan fingerprint density at radius 2 is 2.00 bits per heavy atom. The number of halogens is 1. The van der Waals surface area contributed by atoms with Crippen LogP contribution in [0.5, 0.6) is 5.75 Å². The SMILES string of the molecule is O=C1CCc2ccc(NC(=O)N3CCC(Oc4ccc(Cl)cc4)C3)cc2N1. The third-order valence-corrected chi connectivity index (χ3v) is 5.06. The lowest BCUT2D eigenvalue weighted by atomic mass is 10.0. The summed E-state index contributed by atoms with van der Waals surface area (Å²) in [5, 5.41) is 6.41. The van der Waals surface area contributed by atoms with Crippen LogP contribution in [0.25, 0.3) is 0 Å². The summed E-state index contributed by atoms with van der Waals surface area (Å²) in [6, 6.07) is 12.7. The number of carbonyl (C=O) groups excluding carboxylic acids is 2. The van der Waals surface area contributed by atoms with Crippen molar-refractivity contribution in [3.63, 3.8) is 0 Å². The predicted molar refractivity (Wildman–Crippen MR) is 104 cm³/mol. The van der Waals surface area contributed by atoms with Crippen molar-refractivity contribution in [2.45, 2.75) is 25.4 Å². The molecular formula is C20H20ClN3O3. The van der Waals surface area contributed by atoms with Gasteiger partial charge in [-0.3, -0.25) is 4.79 Å². The molecule has 2 aromatic rings. The maximum Gasteiger partial charge on any atom is 0.321 e. The molecule has 140 valence electrons. The van der Waals surface area contributed by atoms with Crippen molar-refractivity contribution in [3.05, 3.63) is 53.1 Å². The molecule has 4 rings (SSSR count). The van der Waals surface area contributed by atoms with E-state index in [0.717, 1.165) is 29.8 Å². The fourth-order valence-corrected chi connectivity index (χ4v) is 3.49. The third-order valence-electron chi connectivity index (χ3n) is 4.81. The molecule has 1 unspecified atom stereocenters. The fourth-order valence-electron chi connectivity index (χ4n) is 3.37. The average Bonchev–Trinajstić information content (AvgIpc) is 3.12. The summed E-state index contributed by atoms with van der Waals surface area (Å²) in [7, 11) is 0. The van der Waals surface area contributed by atoms with Crippen molar-refractivity contribution >= 4 is 34.9 Å². The Balaban J connectivity index is 1.34. The van der Waals surface area contributed by atoms with Gasteiger partial charge in [-0.2, -0.15) is 0 Å². The van der Waals surface area contributed by atoms with E-state index in [2.05, 4.69) is 10.6 Å². The number of carbonyl (C=O) groups is 2. The van der Waals surface area contributed by atoms with Gasteiger partial charge in [-0.05, 0) is 48.4 Å². The Morgan fingerprint density at radius 3 is 2.81 bits per heavy atom. The second-order valence-electron chi connectivity index (χ2n) is 6.78. The van der Waals surface area contributed by atoms with Crippen LogP contribution in [0.3, 0.4) is 0 Å². The summed E-state index contributed by atoms with van der Waals surface area (Å²) in [5.74, 6) is 0.754. The summed E-state index contributed by atoms with van der Waals surface area (Å²) < 4.78 is 5.92. The molecule has 0 bridgehead atoms. The summed E-state index contributed by atoms with van der Waals surface area (Å²) in [5.41, 5.74) is 2.53. The van der Waals surface area contributed by atoms with Gasteiger partial charge >= 0.3 is 6.03 Å². The standard InChI is InChI=1S/C20H20ClN3O3/c21-14-3-6-16(7-4-14)27-17-9-10-24(12-17)20(26)22-15-5-1-13-2-8-19(25)23-18(13)11-15/h1,3-7,11,17H,2,8-10,12H2,(H,22,26)(H,23,25). The van der Waals surface area contributed by atoms with Crippen LogP contribution < -0.4 is 15.4 Å². The van der Waals surface area contributed by atoms with E-state index in [9.17, 15) is 9.59 Å². The van der Waals surface area contributed by atoms with Gasteiger partial charge in [-0.1, -0.05) is 17.7 Å². The van der Waals surface area contributed by atoms with Gasteiger partial charge in [-0.25, -0.2) is 4.79 Å². The number of nitrogens with one attached hydrogen (secondary N) is 2. The molecule has 1 fully saturated rings. The van der Waals surface area contributed by atoms with Crippen molar-refractivity contribution in [1.29, 1.82) is 0 Å². The van der Waals surface area contributed by atoms with Gasteiger partial charge in [0.25, 0.3) is 0 Å². The van der Waals surface area contributed by atoms with Crippen molar-refractivity contribution in [2.75, 3.05) is 23.7 Å². The van der Waals surface area contributed by atoms with Crippen molar-refractivity contribution < 1.29 is 14.3 Å². The lowest BCUT2D eigenvalue weighted by Crippen LogP contribution is -2.34. The lowest BCUT2D eigenvalue weighted by molar-refractivity contribution is -0.116. The van der Waals surface area contributed by atoms with E-state index in [0.29, 0.717) is 30.2 Å². The summed E-state index contributed by atoms with van der Waals surface area (Å²) in [4.78, 5) is 25.8. The van der Waals surface area contributed by atoms with Gasteiger partial charge in [0.2, 0.25) is 5.91 Å². The van der Waals surface area contributed by atoms with Crippen LogP contribution in [-0.2, 0) is 11.2 Å². The number of amides is 3. The second-order valence-corrected chi connectivity index (χ2v) is 7.22. The number of hydrogen-bond acceptors (Lipinski definition) is 3. The Hall–Kier alpha value is -2.73. The predicted octanol–water partition coefficient (Wildman–Crippen LogP) is 3.91. The van der Waals surface area contributed by atoms with E-state index < -0.39 is 0 Å². The first-order valence-electron chi connectivity index (χ1n) is 8.98. The number of urea groups is 1. The minimum Gasteiger partial charge on any atom is -0.489 e. The van der Waals surface area contributed by atoms with E-state index >= 15 is 0 Å². The topological polar surface area (TPSA) is 70.7 Å². The van der Waals surface area contributed by atoms with Gasteiger partial charge in [0.05, 0.1) is 6.54 Å². The highest BCUT2D eigenvalue weighted by molar-refractivity contribution is 6.30. The number of nitrogens with zero attached hydrogens (tertiary/aromatic N) is 1. The molecule has 2 heterocycles. The highest BCUT2D eigenvalue weighted by Crippen LogP contribution is 2.26. The van der Waals surface area contributed by atoms with E-state index in [1.165, 1.54) is 0 Å². The van der Waals surface area contributed by atoms with Crippen LogP contribution in [0.15, 0.2) is 42.5 Å². The highest BCUT2D eigenvalue weighted by Gasteiger charge is 2.28. The molecule has 0 aromatic heterocycles. The number of fused-ring (bicyclic) bond motifs is 1. The summed E-state index contributed by atoms with van der Waals surface area (Å²) >= 11 is 5.88. The first-order valence-corrected chi connectivity index (χ1v) is 9.35. The Bertz CT molecular complexity index is 869. The Morgan fingerprint density at radius 1 is 1.19 bits per heavy atom. The normalized spacial score (nSPS) is 18.6. The molecule has 7 heteroatoms. The molecule has 1 saturated heterocycles. The zero-order chi connectivity index (χ0) is 18.8. The molecule has 6 nitrogen and oxygen atoms in total. The van der Waals surface area contributed by atoms with E-state index in [-0.39, 0.29) is 18.0 Å². The van der Waals surface area contributed by atoms with Gasteiger partial charge in [-0.15, -0.1) is 0 Å². The monoisotopic (exact) mass is 385 g/mol. The first kappa shape index (κ1) is 17.7. The number of hydrogen-bond donors (Lipinski definition) is 2. The van der Waals surface area contributed by atoms with E-state index in [1.807, 2.05) is 30.3 Å². The molecule has 0 aliphatic carbocycles. The molecule has 3 amide bonds. The Labute approximate surface area is 162 Å². The van der Waals surface area contributed by atoms with E-state index in [4.69, 9.17) is 16.3 Å². The Kier molecular flexibility index (Phi) is 4.90. The van der Waals surface area contributed by atoms with Crippen molar-refractivity contribution in [3.8, 4) is 5.75 Å². The zero-order valence-corrected chi connectivity index (χ0v) is 15.5. The molecule has 2 aliphatic heterocycles. The number of rotatable bonds is 3. The molecule has 2 N–H and O–H groups in total. The van der Waals surface area contributed by atoms with Crippen LogP contribution in [0.4, 0.5) is 16.2 Å². The molecular weight excluding hydrogens is 366 g/mol. The number of anilines is 2. The molecule has 0 radical (unpaired) electrons. The van der Waals surface area contributed by atoms with Gasteiger partial charge in [0.15, 0.2) is 0 Å². The summed E-state index contributed by atoms with van der Waals surface area (Å²) in [6.45, 7) is 1.15. The van der Waals surface area contributed by atoms with Crippen molar-refractivity contribution in [1.82, 2.24) is 4.90 Å². The fraction of sp³-hybridized carbons (Fsp3) is 0.300. The van der Waals surface area contributed by atoms with Crippen LogP contribution in [0.1, 0.15) is 18.4 Å². The van der Waals surface area contributed by atoms with Crippen LogP contribution in [-0.4, -0.2) is 36.0 Å². The minimum absolute atomic E-state index is 0.00714. The van der Waals surface area contributed by atoms with E-state index in [1.54, 1.807) is 17.0 Å². The van der Waals surface area contributed by atoms with Gasteiger partial charge in [0.1, 0.15) is 11.9 Å². The lowest BCUT2D eigenvalue weighted by Gasteiger charge is -2.20.